The number of anilines is 1. The van der Waals surface area contributed by atoms with Gasteiger partial charge in [0.25, 0.3) is 0 Å². The zero-order chi connectivity index (χ0) is 18.4. The van der Waals surface area contributed by atoms with Gasteiger partial charge in [-0.3, -0.25) is 0 Å². The van der Waals surface area contributed by atoms with E-state index in [0.29, 0.717) is 13.2 Å². The number of benzene rings is 2. The fourth-order valence-corrected chi connectivity index (χ4v) is 4.42. The third-order valence-electron chi connectivity index (χ3n) is 5.74. The van der Waals surface area contributed by atoms with Gasteiger partial charge in [0, 0.05) is 48.7 Å². The topological polar surface area (TPSA) is 28.9 Å². The van der Waals surface area contributed by atoms with Crippen LogP contribution in [-0.2, 0) is 11.3 Å². The summed E-state index contributed by atoms with van der Waals surface area (Å²) in [6.45, 7) is 4.61. The number of likely N-dealkylation sites (N-methyl/N-ethyl adjacent to an activating group) is 1. The summed E-state index contributed by atoms with van der Waals surface area (Å²) in [6, 6.07) is 12.0. The van der Waals surface area contributed by atoms with E-state index in [-0.39, 0.29) is 11.7 Å². The molecule has 2 aliphatic heterocycles. The van der Waals surface area contributed by atoms with E-state index >= 15 is 4.39 Å². The minimum Gasteiger partial charge on any atom is -0.464 e. The molecule has 1 saturated heterocycles. The zero-order valence-electron chi connectivity index (χ0n) is 15.5. The van der Waals surface area contributed by atoms with Crippen molar-refractivity contribution in [3.05, 3.63) is 65.2 Å². The quantitative estimate of drug-likeness (QED) is 0.686. The average Bonchev–Trinajstić information content (AvgIpc) is 3.15. The van der Waals surface area contributed by atoms with Gasteiger partial charge >= 0.3 is 0 Å². The number of hydrogen-bond acceptors (Lipinski definition) is 4. The van der Waals surface area contributed by atoms with Gasteiger partial charge in [0.2, 0.25) is 0 Å². The highest BCUT2D eigenvalue weighted by Crippen LogP contribution is 2.38. The van der Waals surface area contributed by atoms with Gasteiger partial charge in [-0.25, -0.2) is 4.39 Å². The van der Waals surface area contributed by atoms with Crippen molar-refractivity contribution in [1.29, 1.82) is 0 Å². The minimum absolute atomic E-state index is 0.0248. The smallest absolute Gasteiger partial charge is 0.133 e. The largest absolute Gasteiger partial charge is 0.464 e. The molecule has 0 radical (unpaired) electrons. The second kappa shape index (κ2) is 6.66. The second-order valence-corrected chi connectivity index (χ2v) is 7.57. The number of furan rings is 1. The fraction of sp³-hybridized carbons (Fsp3) is 0.364. The van der Waals surface area contributed by atoms with Crippen LogP contribution in [0.1, 0.15) is 22.6 Å². The summed E-state index contributed by atoms with van der Waals surface area (Å²) in [5.74, 6) is -0.0730. The first-order chi connectivity index (χ1) is 13.2. The lowest BCUT2D eigenvalue weighted by Crippen LogP contribution is -2.37. The molecule has 1 aromatic heterocycles. The zero-order valence-corrected chi connectivity index (χ0v) is 15.5. The molecule has 140 valence electrons. The fourth-order valence-electron chi connectivity index (χ4n) is 4.42. The molecule has 1 unspecified atom stereocenters. The molecule has 0 bridgehead atoms. The summed E-state index contributed by atoms with van der Waals surface area (Å²) in [5, 5.41) is 1.06. The van der Waals surface area contributed by atoms with Crippen LogP contribution in [0.15, 0.2) is 47.1 Å². The number of hydrogen-bond donors (Lipinski definition) is 0. The maximum atomic E-state index is 15.3. The first-order valence-electron chi connectivity index (χ1n) is 9.50. The van der Waals surface area contributed by atoms with Crippen molar-refractivity contribution in [2.75, 3.05) is 44.8 Å². The number of rotatable bonds is 2. The summed E-state index contributed by atoms with van der Waals surface area (Å²) >= 11 is 0. The normalized spacial score (nSPS) is 20.8. The van der Waals surface area contributed by atoms with Crippen molar-refractivity contribution in [2.24, 2.45) is 0 Å². The van der Waals surface area contributed by atoms with E-state index in [1.165, 1.54) is 0 Å². The Morgan fingerprint density at radius 1 is 1.07 bits per heavy atom. The molecule has 0 spiro atoms. The Hall–Kier alpha value is -2.37. The van der Waals surface area contributed by atoms with Crippen LogP contribution in [0.5, 0.6) is 0 Å². The van der Waals surface area contributed by atoms with Gasteiger partial charge in [-0.1, -0.05) is 6.07 Å². The molecule has 0 amide bonds. The lowest BCUT2D eigenvalue weighted by Gasteiger charge is -2.35. The molecule has 5 rings (SSSR count). The van der Waals surface area contributed by atoms with Gasteiger partial charge in [-0.2, -0.15) is 0 Å². The molecule has 4 nitrogen and oxygen atoms in total. The van der Waals surface area contributed by atoms with E-state index in [9.17, 15) is 0 Å². The Bertz CT molecular complexity index is 978. The molecule has 27 heavy (non-hydrogen) atoms. The summed E-state index contributed by atoms with van der Waals surface area (Å²) in [4.78, 5) is 4.49. The van der Waals surface area contributed by atoms with Gasteiger partial charge in [0.15, 0.2) is 0 Å². The Kier molecular flexibility index (Phi) is 4.14. The first-order valence-corrected chi connectivity index (χ1v) is 9.50. The van der Waals surface area contributed by atoms with Crippen molar-refractivity contribution in [2.45, 2.75) is 12.5 Å². The van der Waals surface area contributed by atoms with Gasteiger partial charge in [0.05, 0.1) is 19.5 Å². The van der Waals surface area contributed by atoms with E-state index in [1.807, 2.05) is 12.1 Å². The van der Waals surface area contributed by atoms with Gasteiger partial charge in [-0.05, 0) is 48.5 Å². The number of halogens is 1. The maximum absolute atomic E-state index is 15.3. The number of nitrogens with zero attached hydrogens (tertiary/aromatic N) is 2. The minimum atomic E-state index is -0.0978. The standard InChI is InChI=1S/C22H23FN2O2/c1-24-13-17-11-18(25-5-8-26-9-6-25)12-20(23)22(17)19(14-24)15-2-3-21-16(10-15)4-7-27-21/h2-4,7,10-12,19H,5-6,8-9,13-14H2,1H3. The molecule has 0 saturated carbocycles. The van der Waals surface area contributed by atoms with Crippen LogP contribution in [0.3, 0.4) is 0 Å². The van der Waals surface area contributed by atoms with Crippen LogP contribution in [0.2, 0.25) is 0 Å². The number of ether oxygens (including phenoxy) is 1. The van der Waals surface area contributed by atoms with Crippen molar-refractivity contribution < 1.29 is 13.5 Å². The van der Waals surface area contributed by atoms with Crippen molar-refractivity contribution in [1.82, 2.24) is 4.90 Å². The van der Waals surface area contributed by atoms with Crippen molar-refractivity contribution in [3.8, 4) is 0 Å². The van der Waals surface area contributed by atoms with Gasteiger partial charge in [0.1, 0.15) is 11.4 Å². The first kappa shape index (κ1) is 16.8. The molecule has 3 heterocycles. The third-order valence-corrected chi connectivity index (χ3v) is 5.74. The SMILES string of the molecule is CN1Cc2cc(N3CCOCC3)cc(F)c2C(c2ccc3occc3c2)C1. The predicted molar refractivity (Wildman–Crippen MR) is 104 cm³/mol. The highest BCUT2D eigenvalue weighted by Gasteiger charge is 2.29. The monoisotopic (exact) mass is 366 g/mol. The van der Waals surface area contributed by atoms with Crippen LogP contribution in [0, 0.1) is 5.82 Å². The molecule has 1 atom stereocenters. The van der Waals surface area contributed by atoms with Crippen LogP contribution >= 0.6 is 0 Å². The number of morpholine rings is 1. The molecule has 2 aromatic carbocycles. The summed E-state index contributed by atoms with van der Waals surface area (Å²) in [5.41, 5.74) is 4.89. The summed E-state index contributed by atoms with van der Waals surface area (Å²) < 4.78 is 26.2. The average molecular weight is 366 g/mol. The van der Waals surface area contributed by atoms with Crippen molar-refractivity contribution >= 4 is 16.7 Å². The van der Waals surface area contributed by atoms with Crippen LogP contribution in [-0.4, -0.2) is 44.8 Å². The molecule has 2 aliphatic rings. The van der Waals surface area contributed by atoms with Crippen LogP contribution in [0.25, 0.3) is 11.0 Å². The Morgan fingerprint density at radius 2 is 1.93 bits per heavy atom. The van der Waals surface area contributed by atoms with E-state index in [4.69, 9.17) is 9.15 Å². The van der Waals surface area contributed by atoms with E-state index in [1.54, 1.807) is 12.3 Å². The molecular formula is C22H23FN2O2. The predicted octanol–water partition coefficient (Wildman–Crippen LogP) is 3.99. The molecule has 3 aromatic rings. The number of fused-ring (bicyclic) bond motifs is 2. The van der Waals surface area contributed by atoms with Crippen LogP contribution in [0.4, 0.5) is 10.1 Å². The van der Waals surface area contributed by atoms with Gasteiger partial charge in [-0.15, -0.1) is 0 Å². The summed E-state index contributed by atoms with van der Waals surface area (Å²) in [7, 11) is 2.10. The summed E-state index contributed by atoms with van der Waals surface area (Å²) in [6.07, 6.45) is 1.70. The van der Waals surface area contributed by atoms with Crippen molar-refractivity contribution in [3.63, 3.8) is 0 Å². The van der Waals surface area contributed by atoms with E-state index < -0.39 is 0 Å². The highest BCUT2D eigenvalue weighted by atomic mass is 19.1. The van der Waals surface area contributed by atoms with Gasteiger partial charge < -0.3 is 19.0 Å². The molecule has 5 heteroatoms. The van der Waals surface area contributed by atoms with Crippen LogP contribution < -0.4 is 4.90 Å². The lowest BCUT2D eigenvalue weighted by molar-refractivity contribution is 0.122. The Balaban J connectivity index is 1.57. The molecular weight excluding hydrogens is 343 g/mol. The third kappa shape index (κ3) is 3.01. The highest BCUT2D eigenvalue weighted by molar-refractivity contribution is 5.78. The second-order valence-electron chi connectivity index (χ2n) is 7.57. The Morgan fingerprint density at radius 3 is 2.78 bits per heavy atom. The molecule has 0 N–H and O–H groups in total. The maximum Gasteiger partial charge on any atom is 0.133 e. The van der Waals surface area contributed by atoms with E-state index in [2.05, 4.69) is 35.0 Å². The molecule has 0 aliphatic carbocycles. The Labute approximate surface area is 158 Å². The lowest BCUT2D eigenvalue weighted by atomic mass is 9.83. The van der Waals surface area contributed by atoms with E-state index in [0.717, 1.165) is 59.5 Å². The molecule has 1 fully saturated rings.